The molecule has 0 bridgehead atoms. The van der Waals surface area contributed by atoms with E-state index in [0.29, 0.717) is 6.04 Å². The van der Waals surface area contributed by atoms with Crippen molar-refractivity contribution in [3.8, 4) is 0 Å². The Morgan fingerprint density at radius 1 is 1.44 bits per heavy atom. The SMILES string of the molecule is CCN1CCCC1CNc1nc2ccccc2s1. The number of para-hydroxylation sites is 1. The molecule has 3 rings (SSSR count). The molecule has 1 aromatic heterocycles. The molecule has 1 fully saturated rings. The summed E-state index contributed by atoms with van der Waals surface area (Å²) in [5, 5.41) is 4.56. The fourth-order valence-corrected chi connectivity index (χ4v) is 3.57. The summed E-state index contributed by atoms with van der Waals surface area (Å²) in [4.78, 5) is 7.17. The van der Waals surface area contributed by atoms with Crippen molar-refractivity contribution >= 4 is 26.7 Å². The van der Waals surface area contributed by atoms with Crippen molar-refractivity contribution in [1.82, 2.24) is 9.88 Å². The molecule has 0 amide bonds. The topological polar surface area (TPSA) is 28.2 Å². The molecule has 0 aliphatic carbocycles. The number of hydrogen-bond donors (Lipinski definition) is 1. The van der Waals surface area contributed by atoms with Crippen LogP contribution in [0.1, 0.15) is 19.8 Å². The Hall–Kier alpha value is -1.13. The van der Waals surface area contributed by atoms with Crippen LogP contribution < -0.4 is 5.32 Å². The van der Waals surface area contributed by atoms with Gasteiger partial charge >= 0.3 is 0 Å². The molecule has 1 unspecified atom stereocenters. The van der Waals surface area contributed by atoms with Crippen molar-refractivity contribution in [3.63, 3.8) is 0 Å². The highest BCUT2D eigenvalue weighted by molar-refractivity contribution is 7.22. The smallest absolute Gasteiger partial charge is 0.183 e. The summed E-state index contributed by atoms with van der Waals surface area (Å²) in [6.45, 7) is 5.68. The lowest BCUT2D eigenvalue weighted by atomic mass is 10.2. The predicted molar refractivity (Wildman–Crippen MR) is 78.4 cm³/mol. The van der Waals surface area contributed by atoms with Crippen LogP contribution in [0.25, 0.3) is 10.2 Å². The Bertz CT molecular complexity index is 489. The Morgan fingerprint density at radius 3 is 3.17 bits per heavy atom. The number of anilines is 1. The number of rotatable bonds is 4. The number of hydrogen-bond acceptors (Lipinski definition) is 4. The number of fused-ring (bicyclic) bond motifs is 1. The van der Waals surface area contributed by atoms with Gasteiger partial charge in [0.1, 0.15) is 0 Å². The van der Waals surface area contributed by atoms with E-state index in [0.717, 1.165) is 23.7 Å². The maximum absolute atomic E-state index is 4.61. The predicted octanol–water partition coefficient (Wildman–Crippen LogP) is 3.19. The lowest BCUT2D eigenvalue weighted by Crippen LogP contribution is -2.34. The lowest BCUT2D eigenvalue weighted by molar-refractivity contribution is 0.277. The molecule has 1 atom stereocenters. The average Bonchev–Trinajstić information content (AvgIpc) is 3.01. The largest absolute Gasteiger partial charge is 0.360 e. The summed E-state index contributed by atoms with van der Waals surface area (Å²) in [5.41, 5.74) is 1.10. The van der Waals surface area contributed by atoms with Crippen molar-refractivity contribution in [1.29, 1.82) is 0 Å². The van der Waals surface area contributed by atoms with Gasteiger partial charge in [-0.05, 0) is 38.1 Å². The standard InChI is InChI=1S/C14H19N3S/c1-2-17-9-5-6-11(17)10-15-14-16-12-7-3-4-8-13(12)18-14/h3-4,7-8,11H,2,5-6,9-10H2,1H3,(H,15,16). The van der Waals surface area contributed by atoms with Crippen LogP contribution in [0.15, 0.2) is 24.3 Å². The molecule has 1 saturated heterocycles. The van der Waals surface area contributed by atoms with E-state index in [1.54, 1.807) is 11.3 Å². The van der Waals surface area contributed by atoms with Gasteiger partial charge in [0.15, 0.2) is 5.13 Å². The first-order valence-electron chi connectivity index (χ1n) is 6.70. The van der Waals surface area contributed by atoms with Crippen LogP contribution in [0.4, 0.5) is 5.13 Å². The number of nitrogens with one attached hydrogen (secondary N) is 1. The molecule has 2 aromatic rings. The Labute approximate surface area is 112 Å². The second-order valence-corrected chi connectivity index (χ2v) is 5.82. The van der Waals surface area contributed by atoms with E-state index in [1.165, 1.54) is 24.1 Å². The van der Waals surface area contributed by atoms with E-state index in [2.05, 4.69) is 40.3 Å². The first-order chi connectivity index (χ1) is 8.86. The van der Waals surface area contributed by atoms with Crippen LogP contribution in [0.5, 0.6) is 0 Å². The highest BCUT2D eigenvalue weighted by Crippen LogP contribution is 2.26. The summed E-state index contributed by atoms with van der Waals surface area (Å²) >= 11 is 1.75. The molecule has 1 aliphatic rings. The van der Waals surface area contributed by atoms with Crippen LogP contribution in [-0.2, 0) is 0 Å². The van der Waals surface area contributed by atoms with E-state index in [9.17, 15) is 0 Å². The summed E-state index contributed by atoms with van der Waals surface area (Å²) in [5.74, 6) is 0. The molecule has 0 saturated carbocycles. The van der Waals surface area contributed by atoms with Gasteiger partial charge in [0.25, 0.3) is 0 Å². The third-order valence-electron chi connectivity index (χ3n) is 3.69. The van der Waals surface area contributed by atoms with Crippen molar-refractivity contribution in [3.05, 3.63) is 24.3 Å². The minimum atomic E-state index is 0.682. The third kappa shape index (κ3) is 2.35. The third-order valence-corrected chi connectivity index (χ3v) is 4.68. The van der Waals surface area contributed by atoms with Gasteiger partial charge < -0.3 is 5.32 Å². The first-order valence-corrected chi connectivity index (χ1v) is 7.52. The van der Waals surface area contributed by atoms with Crippen LogP contribution in [0.3, 0.4) is 0 Å². The highest BCUT2D eigenvalue weighted by atomic mass is 32.1. The van der Waals surface area contributed by atoms with E-state index in [1.807, 2.05) is 6.07 Å². The summed E-state index contributed by atoms with van der Waals surface area (Å²) < 4.78 is 1.26. The average molecular weight is 261 g/mol. The number of thiazole rings is 1. The molecule has 18 heavy (non-hydrogen) atoms. The van der Waals surface area contributed by atoms with Gasteiger partial charge in [-0.2, -0.15) is 0 Å². The monoisotopic (exact) mass is 261 g/mol. The van der Waals surface area contributed by atoms with E-state index in [-0.39, 0.29) is 0 Å². The molecule has 2 heterocycles. The second kappa shape index (κ2) is 5.24. The molecule has 1 N–H and O–H groups in total. The quantitative estimate of drug-likeness (QED) is 0.916. The Balaban J connectivity index is 1.66. The number of likely N-dealkylation sites (tertiary alicyclic amines) is 1. The van der Waals surface area contributed by atoms with Crippen LogP contribution in [-0.4, -0.2) is 35.6 Å². The molecule has 1 aliphatic heterocycles. The van der Waals surface area contributed by atoms with Gasteiger partial charge in [0, 0.05) is 12.6 Å². The molecule has 3 nitrogen and oxygen atoms in total. The lowest BCUT2D eigenvalue weighted by Gasteiger charge is -2.22. The molecule has 96 valence electrons. The second-order valence-electron chi connectivity index (χ2n) is 4.79. The summed E-state index contributed by atoms with van der Waals surface area (Å²) in [6.07, 6.45) is 2.64. The van der Waals surface area contributed by atoms with Gasteiger partial charge in [-0.3, -0.25) is 4.90 Å². The van der Waals surface area contributed by atoms with E-state index in [4.69, 9.17) is 0 Å². The Morgan fingerprint density at radius 2 is 2.33 bits per heavy atom. The van der Waals surface area contributed by atoms with Gasteiger partial charge in [0.05, 0.1) is 10.2 Å². The van der Waals surface area contributed by atoms with E-state index >= 15 is 0 Å². The fourth-order valence-electron chi connectivity index (χ4n) is 2.70. The van der Waals surface area contributed by atoms with E-state index < -0.39 is 0 Å². The number of nitrogens with zero attached hydrogens (tertiary/aromatic N) is 2. The minimum Gasteiger partial charge on any atom is -0.360 e. The minimum absolute atomic E-state index is 0.682. The summed E-state index contributed by atoms with van der Waals surface area (Å²) in [7, 11) is 0. The van der Waals surface area contributed by atoms with Crippen LogP contribution >= 0.6 is 11.3 Å². The zero-order valence-corrected chi connectivity index (χ0v) is 11.5. The van der Waals surface area contributed by atoms with Gasteiger partial charge in [-0.15, -0.1) is 0 Å². The normalized spacial score (nSPS) is 20.6. The van der Waals surface area contributed by atoms with Crippen LogP contribution in [0, 0.1) is 0 Å². The number of benzene rings is 1. The van der Waals surface area contributed by atoms with Crippen LogP contribution in [0.2, 0.25) is 0 Å². The molecule has 1 aromatic carbocycles. The van der Waals surface area contributed by atoms with Gasteiger partial charge in [0.2, 0.25) is 0 Å². The molecule has 0 spiro atoms. The molecule has 0 radical (unpaired) electrons. The zero-order chi connectivity index (χ0) is 12.4. The number of likely N-dealkylation sites (N-methyl/N-ethyl adjacent to an activating group) is 1. The van der Waals surface area contributed by atoms with Crippen molar-refractivity contribution in [2.45, 2.75) is 25.8 Å². The van der Waals surface area contributed by atoms with Gasteiger partial charge in [-0.25, -0.2) is 4.98 Å². The molecular weight excluding hydrogens is 242 g/mol. The van der Waals surface area contributed by atoms with Crippen molar-refractivity contribution in [2.24, 2.45) is 0 Å². The highest BCUT2D eigenvalue weighted by Gasteiger charge is 2.22. The maximum Gasteiger partial charge on any atom is 0.183 e. The molecule has 4 heteroatoms. The fraction of sp³-hybridized carbons (Fsp3) is 0.500. The van der Waals surface area contributed by atoms with Gasteiger partial charge in [-0.1, -0.05) is 30.4 Å². The zero-order valence-electron chi connectivity index (χ0n) is 10.7. The Kier molecular flexibility index (Phi) is 3.48. The summed E-state index contributed by atoms with van der Waals surface area (Å²) in [6, 6.07) is 9.00. The van der Waals surface area contributed by atoms with Crippen molar-refractivity contribution < 1.29 is 0 Å². The number of aromatic nitrogens is 1. The van der Waals surface area contributed by atoms with Crippen molar-refractivity contribution in [2.75, 3.05) is 25.0 Å². The maximum atomic E-state index is 4.61. The molecular formula is C14H19N3S. The first kappa shape index (κ1) is 11.9.